The second-order valence-electron chi connectivity index (χ2n) is 9.47. The summed E-state index contributed by atoms with van der Waals surface area (Å²) in [5.74, 6) is 1.76. The SMILES string of the molecule is Cc1ccc(NC(=S)NC2CCC(Nc3nc4c(c(N(C)C)n3)CCCC4)CC2)c([N+](=O)[O-])c1. The summed E-state index contributed by atoms with van der Waals surface area (Å²) in [6.45, 7) is 1.83. The first kappa shape index (κ1) is 24.1. The number of rotatable bonds is 6. The van der Waals surface area contributed by atoms with E-state index in [-0.39, 0.29) is 16.7 Å². The van der Waals surface area contributed by atoms with Crippen molar-refractivity contribution in [3.8, 4) is 0 Å². The van der Waals surface area contributed by atoms with Gasteiger partial charge in [0.05, 0.1) is 10.6 Å². The number of nitrogens with zero attached hydrogens (tertiary/aromatic N) is 4. The Hall–Kier alpha value is -3.01. The Kier molecular flexibility index (Phi) is 7.45. The van der Waals surface area contributed by atoms with Gasteiger partial charge in [0.1, 0.15) is 11.5 Å². The van der Waals surface area contributed by atoms with Crippen LogP contribution in [0.5, 0.6) is 0 Å². The summed E-state index contributed by atoms with van der Waals surface area (Å²) in [6, 6.07) is 5.62. The molecule has 0 spiro atoms. The second-order valence-corrected chi connectivity index (χ2v) is 9.87. The quantitative estimate of drug-likeness (QED) is 0.314. The van der Waals surface area contributed by atoms with Crippen molar-refractivity contribution in [2.45, 2.75) is 70.4 Å². The highest BCUT2D eigenvalue weighted by Gasteiger charge is 2.25. The second kappa shape index (κ2) is 10.5. The molecule has 0 radical (unpaired) electrons. The Labute approximate surface area is 205 Å². The number of aryl methyl sites for hydroxylation is 2. The van der Waals surface area contributed by atoms with E-state index in [1.807, 2.05) is 27.1 Å². The Morgan fingerprint density at radius 3 is 2.53 bits per heavy atom. The average molecular weight is 484 g/mol. The van der Waals surface area contributed by atoms with Crippen LogP contribution in [0, 0.1) is 17.0 Å². The predicted molar refractivity (Wildman–Crippen MR) is 140 cm³/mol. The molecule has 1 heterocycles. The van der Waals surface area contributed by atoms with E-state index < -0.39 is 0 Å². The van der Waals surface area contributed by atoms with E-state index in [1.165, 1.54) is 24.1 Å². The van der Waals surface area contributed by atoms with Gasteiger partial charge in [-0.15, -0.1) is 0 Å². The molecule has 2 aromatic rings. The van der Waals surface area contributed by atoms with Gasteiger partial charge in [-0.3, -0.25) is 10.1 Å². The fraction of sp³-hybridized carbons (Fsp3) is 0.542. The molecule has 10 heteroatoms. The molecule has 0 unspecified atom stereocenters. The largest absolute Gasteiger partial charge is 0.362 e. The van der Waals surface area contributed by atoms with Crippen molar-refractivity contribution in [2.75, 3.05) is 29.6 Å². The van der Waals surface area contributed by atoms with E-state index in [9.17, 15) is 10.1 Å². The van der Waals surface area contributed by atoms with Gasteiger partial charge in [0.2, 0.25) is 5.95 Å². The first-order valence-corrected chi connectivity index (χ1v) is 12.4. The van der Waals surface area contributed by atoms with Crippen LogP contribution in [0.3, 0.4) is 0 Å². The van der Waals surface area contributed by atoms with Crippen LogP contribution in [0.4, 0.5) is 23.1 Å². The monoisotopic (exact) mass is 483 g/mol. The lowest BCUT2D eigenvalue weighted by molar-refractivity contribution is -0.383. The first-order valence-electron chi connectivity index (χ1n) is 12.0. The number of hydrogen-bond donors (Lipinski definition) is 3. The van der Waals surface area contributed by atoms with E-state index in [0.29, 0.717) is 16.8 Å². The van der Waals surface area contributed by atoms with Gasteiger partial charge in [-0.25, -0.2) is 4.98 Å². The smallest absolute Gasteiger partial charge is 0.292 e. The van der Waals surface area contributed by atoms with Gasteiger partial charge < -0.3 is 20.9 Å². The Morgan fingerprint density at radius 2 is 1.82 bits per heavy atom. The van der Waals surface area contributed by atoms with E-state index in [2.05, 4.69) is 20.9 Å². The molecule has 2 aliphatic rings. The van der Waals surface area contributed by atoms with Crippen molar-refractivity contribution in [3.63, 3.8) is 0 Å². The van der Waals surface area contributed by atoms with Crippen molar-refractivity contribution in [1.29, 1.82) is 0 Å². The van der Waals surface area contributed by atoms with E-state index in [0.717, 1.165) is 55.9 Å². The fourth-order valence-corrected chi connectivity index (χ4v) is 5.09. The van der Waals surface area contributed by atoms with Crippen LogP contribution in [-0.4, -0.2) is 46.2 Å². The highest BCUT2D eigenvalue weighted by atomic mass is 32.1. The zero-order chi connectivity index (χ0) is 24.2. The average Bonchev–Trinajstić information content (AvgIpc) is 2.80. The van der Waals surface area contributed by atoms with E-state index >= 15 is 0 Å². The molecule has 2 aliphatic carbocycles. The maximum absolute atomic E-state index is 11.4. The molecule has 0 bridgehead atoms. The Balaban J connectivity index is 1.32. The van der Waals surface area contributed by atoms with Crippen LogP contribution < -0.4 is 20.9 Å². The third-order valence-electron chi connectivity index (χ3n) is 6.58. The molecular formula is C24H33N7O2S. The Bertz CT molecular complexity index is 1070. The maximum Gasteiger partial charge on any atom is 0.292 e. The molecule has 182 valence electrons. The van der Waals surface area contributed by atoms with Gasteiger partial charge in [0, 0.05) is 37.8 Å². The van der Waals surface area contributed by atoms with Crippen LogP contribution in [-0.2, 0) is 12.8 Å². The molecule has 0 aliphatic heterocycles. The number of fused-ring (bicyclic) bond motifs is 1. The zero-order valence-electron chi connectivity index (χ0n) is 20.1. The van der Waals surface area contributed by atoms with E-state index in [4.69, 9.17) is 22.2 Å². The van der Waals surface area contributed by atoms with Crippen LogP contribution in [0.2, 0.25) is 0 Å². The van der Waals surface area contributed by atoms with E-state index in [1.54, 1.807) is 12.1 Å². The lowest BCUT2D eigenvalue weighted by Gasteiger charge is -2.31. The molecular weight excluding hydrogens is 450 g/mol. The number of aromatic nitrogens is 2. The summed E-state index contributed by atoms with van der Waals surface area (Å²) in [6.07, 6.45) is 8.31. The molecule has 34 heavy (non-hydrogen) atoms. The van der Waals surface area contributed by atoms with Gasteiger partial charge in [-0.2, -0.15) is 4.98 Å². The van der Waals surface area contributed by atoms with Crippen molar-refractivity contribution in [3.05, 3.63) is 45.1 Å². The number of benzene rings is 1. The number of nitro groups is 1. The zero-order valence-corrected chi connectivity index (χ0v) is 20.9. The minimum atomic E-state index is -0.390. The molecule has 9 nitrogen and oxygen atoms in total. The molecule has 1 fully saturated rings. The third kappa shape index (κ3) is 5.72. The summed E-state index contributed by atoms with van der Waals surface area (Å²) in [4.78, 5) is 22.7. The Morgan fingerprint density at radius 1 is 1.12 bits per heavy atom. The molecule has 0 atom stereocenters. The molecule has 1 aromatic heterocycles. The highest BCUT2D eigenvalue weighted by molar-refractivity contribution is 7.80. The van der Waals surface area contributed by atoms with Gasteiger partial charge in [-0.05, 0) is 82.1 Å². The number of nitrogens with one attached hydrogen (secondary N) is 3. The normalized spacial score (nSPS) is 19.6. The first-order chi connectivity index (χ1) is 16.3. The standard InChI is InChI=1S/C24H33N7O2S/c1-15-8-13-20(21(14-15)31(32)33)28-24(34)26-17-11-9-16(10-12-17)25-23-27-19-7-5-4-6-18(19)22(29-23)30(2)3/h8,13-14,16-17H,4-7,9-12H2,1-3H3,(H,25,27,29)(H2,26,28,34). The predicted octanol–water partition coefficient (Wildman–Crippen LogP) is 4.35. The van der Waals surface area contributed by atoms with Gasteiger partial charge in [0.15, 0.2) is 5.11 Å². The van der Waals surface area contributed by atoms with Crippen LogP contribution >= 0.6 is 12.2 Å². The van der Waals surface area contributed by atoms with Crippen molar-refractivity contribution in [2.24, 2.45) is 0 Å². The summed E-state index contributed by atoms with van der Waals surface area (Å²) in [5.41, 5.74) is 3.75. The topological polar surface area (TPSA) is 108 Å². The number of hydrogen-bond acceptors (Lipinski definition) is 7. The number of nitro benzene ring substituents is 1. The number of anilines is 3. The van der Waals surface area contributed by atoms with Crippen molar-refractivity contribution in [1.82, 2.24) is 15.3 Å². The molecule has 0 amide bonds. The van der Waals surface area contributed by atoms with Gasteiger partial charge in [-0.1, -0.05) is 6.07 Å². The third-order valence-corrected chi connectivity index (χ3v) is 6.80. The highest BCUT2D eigenvalue weighted by Crippen LogP contribution is 2.30. The van der Waals surface area contributed by atoms with Gasteiger partial charge in [0.25, 0.3) is 5.69 Å². The minimum absolute atomic E-state index is 0.0270. The van der Waals surface area contributed by atoms with Crippen LogP contribution in [0.25, 0.3) is 0 Å². The molecule has 4 rings (SSSR count). The summed E-state index contributed by atoms with van der Waals surface area (Å²) in [7, 11) is 4.08. The number of thiocarbonyl (C=S) groups is 1. The summed E-state index contributed by atoms with van der Waals surface area (Å²) >= 11 is 5.44. The minimum Gasteiger partial charge on any atom is -0.362 e. The maximum atomic E-state index is 11.4. The fourth-order valence-electron chi connectivity index (χ4n) is 4.82. The lowest BCUT2D eigenvalue weighted by Crippen LogP contribution is -2.42. The van der Waals surface area contributed by atoms with Crippen molar-refractivity contribution < 1.29 is 4.92 Å². The van der Waals surface area contributed by atoms with Crippen LogP contribution in [0.15, 0.2) is 18.2 Å². The molecule has 1 saturated carbocycles. The van der Waals surface area contributed by atoms with Crippen LogP contribution in [0.1, 0.15) is 55.3 Å². The summed E-state index contributed by atoms with van der Waals surface area (Å²) in [5, 5.41) is 21.7. The molecule has 1 aromatic carbocycles. The van der Waals surface area contributed by atoms with Crippen molar-refractivity contribution >= 4 is 40.5 Å². The summed E-state index contributed by atoms with van der Waals surface area (Å²) < 4.78 is 0. The van der Waals surface area contributed by atoms with Gasteiger partial charge >= 0.3 is 0 Å². The lowest BCUT2D eigenvalue weighted by atomic mass is 9.91. The molecule has 0 saturated heterocycles. The molecule has 3 N–H and O–H groups in total.